The summed E-state index contributed by atoms with van der Waals surface area (Å²) in [5.41, 5.74) is 0.782. The molecule has 3 saturated carbocycles. The molecule has 0 radical (unpaired) electrons. The van der Waals surface area contributed by atoms with E-state index in [-0.39, 0.29) is 29.3 Å². The van der Waals surface area contributed by atoms with E-state index in [4.69, 9.17) is 9.15 Å². The molecule has 0 aromatic carbocycles. The fourth-order valence-corrected chi connectivity index (χ4v) is 9.96. The van der Waals surface area contributed by atoms with Gasteiger partial charge in [0.2, 0.25) is 0 Å². The quantitative estimate of drug-likeness (QED) is 0.139. The van der Waals surface area contributed by atoms with Gasteiger partial charge in [-0.3, -0.25) is 4.79 Å². The highest BCUT2D eigenvalue weighted by Crippen LogP contribution is 2.71. The number of carbonyl (C=O) groups excluding carboxylic acids is 1. The molecular weight excluding hydrogens is 520 g/mol. The maximum absolute atomic E-state index is 12.6. The van der Waals surface area contributed by atoms with Crippen LogP contribution in [0.3, 0.4) is 0 Å². The number of hydrogen-bond acceptors (Lipinski definition) is 4. The van der Waals surface area contributed by atoms with Crippen molar-refractivity contribution in [2.75, 3.05) is 6.61 Å². The Balaban J connectivity index is 0.951. The summed E-state index contributed by atoms with van der Waals surface area (Å²) >= 11 is 0. The molecule has 0 amide bonds. The molecule has 6 atom stereocenters. The van der Waals surface area contributed by atoms with E-state index in [9.17, 15) is 9.90 Å². The number of carbonyl (C=O) groups is 1. The predicted molar refractivity (Wildman–Crippen MR) is 171 cm³/mol. The van der Waals surface area contributed by atoms with Crippen molar-refractivity contribution >= 4 is 12.0 Å². The summed E-state index contributed by atoms with van der Waals surface area (Å²) in [6.07, 6.45) is 33.1. The number of allylic oxidation sites excluding steroid dienone is 1. The summed E-state index contributed by atoms with van der Waals surface area (Å²) in [5, 5.41) is 11.8. The fraction of sp³-hybridized carbons (Fsp3) is 0.816. The Bertz CT molecular complexity index is 1030. The Morgan fingerprint density at radius 1 is 0.929 bits per heavy atom. The van der Waals surface area contributed by atoms with Gasteiger partial charge >= 0.3 is 5.97 Å². The van der Waals surface area contributed by atoms with E-state index in [1.54, 1.807) is 0 Å². The van der Waals surface area contributed by atoms with Crippen LogP contribution in [0.15, 0.2) is 22.8 Å². The molecule has 4 aliphatic rings. The van der Waals surface area contributed by atoms with Gasteiger partial charge in [-0.1, -0.05) is 110 Å². The first kappa shape index (κ1) is 31.9. The van der Waals surface area contributed by atoms with Crippen LogP contribution in [-0.2, 0) is 9.53 Å². The van der Waals surface area contributed by atoms with Crippen LogP contribution in [-0.4, -0.2) is 23.3 Å². The van der Waals surface area contributed by atoms with E-state index in [1.807, 2.05) is 6.26 Å². The summed E-state index contributed by atoms with van der Waals surface area (Å²) in [6, 6.07) is 2.18. The zero-order chi connectivity index (χ0) is 29.5. The number of rotatable bonds is 18. The van der Waals surface area contributed by atoms with Gasteiger partial charge in [0.1, 0.15) is 18.0 Å². The van der Waals surface area contributed by atoms with E-state index >= 15 is 0 Å². The number of hydrogen-bond donors (Lipinski definition) is 1. The number of esters is 1. The zero-order valence-corrected chi connectivity index (χ0v) is 27.0. The van der Waals surface area contributed by atoms with Crippen molar-refractivity contribution in [3.8, 4) is 0 Å². The second-order valence-electron chi connectivity index (χ2n) is 15.1. The van der Waals surface area contributed by atoms with Gasteiger partial charge in [0.25, 0.3) is 0 Å². The second kappa shape index (κ2) is 14.5. The first-order chi connectivity index (χ1) is 20.4. The van der Waals surface area contributed by atoms with Gasteiger partial charge < -0.3 is 14.3 Å². The molecule has 4 nitrogen and oxygen atoms in total. The third-order valence-corrected chi connectivity index (χ3v) is 12.2. The molecule has 4 heteroatoms. The number of ether oxygens (including phenoxy) is 1. The Morgan fingerprint density at radius 3 is 2.24 bits per heavy atom. The lowest BCUT2D eigenvalue weighted by atomic mass is 9.46. The van der Waals surface area contributed by atoms with E-state index in [1.165, 1.54) is 89.0 Å². The molecule has 236 valence electrons. The minimum atomic E-state index is -0.859. The molecule has 1 heterocycles. The number of fused-ring (bicyclic) bond motifs is 5. The molecule has 2 bridgehead atoms. The highest BCUT2D eigenvalue weighted by atomic mass is 16.5. The summed E-state index contributed by atoms with van der Waals surface area (Å²) in [6.45, 7) is 4.92. The van der Waals surface area contributed by atoms with Crippen molar-refractivity contribution in [3.63, 3.8) is 0 Å². The average molecular weight is 581 g/mol. The van der Waals surface area contributed by atoms with E-state index < -0.39 is 5.60 Å². The molecule has 3 fully saturated rings. The van der Waals surface area contributed by atoms with Gasteiger partial charge in [-0.25, -0.2) is 0 Å². The summed E-state index contributed by atoms with van der Waals surface area (Å²) in [7, 11) is 0. The lowest BCUT2D eigenvalue weighted by molar-refractivity contribution is -0.154. The first-order valence-electron chi connectivity index (χ1n) is 18.0. The van der Waals surface area contributed by atoms with Gasteiger partial charge in [-0.15, -0.1) is 0 Å². The molecule has 1 aromatic heterocycles. The minimum absolute atomic E-state index is 0.107. The molecule has 42 heavy (non-hydrogen) atoms. The van der Waals surface area contributed by atoms with Gasteiger partial charge in [0, 0.05) is 12.0 Å². The number of aliphatic hydroxyl groups is 1. The van der Waals surface area contributed by atoms with E-state index in [0.717, 1.165) is 57.1 Å². The van der Waals surface area contributed by atoms with Crippen LogP contribution in [0.2, 0.25) is 0 Å². The lowest BCUT2D eigenvalue weighted by Crippen LogP contribution is -2.49. The lowest BCUT2D eigenvalue weighted by Gasteiger charge is -2.58. The predicted octanol–water partition coefficient (Wildman–Crippen LogP) is 10.5. The third kappa shape index (κ3) is 7.05. The largest absolute Gasteiger partial charge is 0.465 e. The number of unbranched alkanes of at least 4 members (excludes halogenated alkanes) is 14. The van der Waals surface area contributed by atoms with Crippen LogP contribution >= 0.6 is 0 Å². The topological polar surface area (TPSA) is 59.7 Å². The second-order valence-corrected chi connectivity index (χ2v) is 15.1. The molecule has 0 aliphatic heterocycles. The first-order valence-corrected chi connectivity index (χ1v) is 18.0. The molecule has 1 N–H and O–H groups in total. The monoisotopic (exact) mass is 580 g/mol. The average Bonchev–Trinajstić information content (AvgIpc) is 3.54. The van der Waals surface area contributed by atoms with Crippen LogP contribution in [0.1, 0.15) is 172 Å². The molecule has 1 spiro atoms. The van der Waals surface area contributed by atoms with Gasteiger partial charge in [0.05, 0.1) is 6.26 Å². The minimum Gasteiger partial charge on any atom is -0.465 e. The van der Waals surface area contributed by atoms with Gasteiger partial charge in [0.15, 0.2) is 0 Å². The van der Waals surface area contributed by atoms with E-state index in [0.29, 0.717) is 18.3 Å². The Labute approximate surface area is 256 Å². The van der Waals surface area contributed by atoms with Crippen LogP contribution in [0.25, 0.3) is 6.08 Å². The normalized spacial score (nSPS) is 32.8. The van der Waals surface area contributed by atoms with E-state index in [2.05, 4.69) is 32.1 Å². The van der Waals surface area contributed by atoms with Crippen molar-refractivity contribution in [2.45, 2.75) is 167 Å². The fourth-order valence-electron chi connectivity index (χ4n) is 9.96. The van der Waals surface area contributed by atoms with Crippen LogP contribution < -0.4 is 0 Å². The maximum atomic E-state index is 12.6. The van der Waals surface area contributed by atoms with Crippen molar-refractivity contribution < 1.29 is 19.1 Å². The zero-order valence-electron chi connectivity index (χ0n) is 27.0. The van der Waals surface area contributed by atoms with Crippen LogP contribution in [0.5, 0.6) is 0 Å². The standard InChI is InChI=1S/C38H60O4/c1-3-4-5-6-7-8-9-10-11-12-13-14-15-16-17-18-35(39)42-29-38(40)28-37-25-21-32-31-23-26-41-33(31)22-24-36(32,2)34(37)20-19-30(38)27-37/h22-24,26,30,32,34,40H,3-21,25,27-29H2,1-2H3/t30-,32-,34+,36-,37-,38+/m0/s1. The Kier molecular flexibility index (Phi) is 11.0. The highest BCUT2D eigenvalue weighted by molar-refractivity contribution is 5.69. The smallest absolute Gasteiger partial charge is 0.305 e. The van der Waals surface area contributed by atoms with Crippen molar-refractivity contribution in [1.82, 2.24) is 0 Å². The molecular formula is C38H60O4. The summed E-state index contributed by atoms with van der Waals surface area (Å²) in [5.74, 6) is 2.23. The molecule has 0 saturated heterocycles. The van der Waals surface area contributed by atoms with Gasteiger partial charge in [-0.2, -0.15) is 0 Å². The Hall–Kier alpha value is -1.55. The summed E-state index contributed by atoms with van der Waals surface area (Å²) < 4.78 is 11.5. The van der Waals surface area contributed by atoms with Gasteiger partial charge in [-0.05, 0) is 85.7 Å². The molecule has 5 rings (SSSR count). The SMILES string of the molecule is CCCCCCCCCCCCCCCCCC(=O)OC[C@]1(O)C[C@@]23CC[C@H]4c5ccoc5C=C[C@]4(C)[C@H]2CC[C@H]1C3. The maximum Gasteiger partial charge on any atom is 0.305 e. The van der Waals surface area contributed by atoms with Crippen molar-refractivity contribution in [1.29, 1.82) is 0 Å². The molecule has 0 unspecified atom stereocenters. The third-order valence-electron chi connectivity index (χ3n) is 12.2. The van der Waals surface area contributed by atoms with Crippen LogP contribution in [0, 0.1) is 22.7 Å². The number of furan rings is 1. The van der Waals surface area contributed by atoms with Crippen LogP contribution in [0.4, 0.5) is 0 Å². The highest BCUT2D eigenvalue weighted by Gasteiger charge is 2.65. The molecule has 4 aliphatic carbocycles. The van der Waals surface area contributed by atoms with Crippen molar-refractivity contribution in [3.05, 3.63) is 29.7 Å². The summed E-state index contributed by atoms with van der Waals surface area (Å²) in [4.78, 5) is 12.6. The molecule has 1 aromatic rings. The Morgan fingerprint density at radius 2 is 1.57 bits per heavy atom. The van der Waals surface area contributed by atoms with Crippen molar-refractivity contribution in [2.24, 2.45) is 22.7 Å².